The van der Waals surface area contributed by atoms with Crippen molar-refractivity contribution < 1.29 is 10.2 Å². The van der Waals surface area contributed by atoms with Crippen LogP contribution in [0.15, 0.2) is 159 Å². The summed E-state index contributed by atoms with van der Waals surface area (Å²) in [5, 5.41) is 25.3. The van der Waals surface area contributed by atoms with Gasteiger partial charge in [0.15, 0.2) is 0 Å². The van der Waals surface area contributed by atoms with E-state index in [2.05, 4.69) is 119 Å². The quantitative estimate of drug-likeness (QED) is 0.189. The first-order valence-corrected chi connectivity index (χ1v) is 16.6. The Hall–Kier alpha value is -6.78. The van der Waals surface area contributed by atoms with Crippen molar-refractivity contribution in [3.05, 3.63) is 170 Å². The molecule has 0 fully saturated rings. The molecule has 0 saturated heterocycles. The van der Waals surface area contributed by atoms with Gasteiger partial charge in [-0.15, -0.1) is 0 Å². The minimum absolute atomic E-state index is 0.215. The van der Waals surface area contributed by atoms with E-state index < -0.39 is 0 Å². The Morgan fingerprint density at radius 3 is 1.14 bits per heavy atom. The van der Waals surface area contributed by atoms with Gasteiger partial charge in [0.05, 0.1) is 22.1 Å². The minimum Gasteiger partial charge on any atom is -0.508 e. The Kier molecular flexibility index (Phi) is 6.71. The maximum absolute atomic E-state index is 10.5. The largest absolute Gasteiger partial charge is 0.508 e. The van der Waals surface area contributed by atoms with Gasteiger partial charge >= 0.3 is 0 Å². The number of aromatic hydroxyl groups is 2. The molecule has 0 radical (unpaired) electrons. The Balaban J connectivity index is 1.62. The lowest BCUT2D eigenvalue weighted by molar-refractivity contribution is 0.475. The molecular formula is C46H32N2O2. The van der Waals surface area contributed by atoms with Crippen molar-refractivity contribution in [2.24, 2.45) is 0 Å². The summed E-state index contributed by atoms with van der Waals surface area (Å²) >= 11 is 0. The van der Waals surface area contributed by atoms with Crippen LogP contribution in [-0.4, -0.2) is 19.3 Å². The van der Waals surface area contributed by atoms with Crippen LogP contribution in [0, 0.1) is 0 Å². The van der Waals surface area contributed by atoms with Gasteiger partial charge in [-0.3, -0.25) is 0 Å². The van der Waals surface area contributed by atoms with Gasteiger partial charge in [0.1, 0.15) is 11.5 Å². The molecule has 2 heterocycles. The third-order valence-corrected chi connectivity index (χ3v) is 9.81. The van der Waals surface area contributed by atoms with Crippen LogP contribution >= 0.6 is 0 Å². The van der Waals surface area contributed by atoms with Crippen LogP contribution < -0.4 is 0 Å². The van der Waals surface area contributed by atoms with Crippen molar-refractivity contribution >= 4 is 55.8 Å². The van der Waals surface area contributed by atoms with E-state index in [0.29, 0.717) is 0 Å². The van der Waals surface area contributed by atoms with Crippen molar-refractivity contribution in [1.82, 2.24) is 9.13 Å². The summed E-state index contributed by atoms with van der Waals surface area (Å²) < 4.78 is 4.74. The maximum atomic E-state index is 10.5. The van der Waals surface area contributed by atoms with Crippen LogP contribution in [0.2, 0.25) is 0 Å². The van der Waals surface area contributed by atoms with E-state index in [1.807, 2.05) is 36.4 Å². The molecule has 50 heavy (non-hydrogen) atoms. The third-order valence-electron chi connectivity index (χ3n) is 9.81. The van der Waals surface area contributed by atoms with Gasteiger partial charge in [0.2, 0.25) is 0 Å². The molecule has 0 aliphatic rings. The van der Waals surface area contributed by atoms with Gasteiger partial charge < -0.3 is 19.3 Å². The molecule has 0 aliphatic carbocycles. The first-order chi connectivity index (χ1) is 24.6. The van der Waals surface area contributed by atoms with E-state index in [-0.39, 0.29) is 11.5 Å². The first-order valence-electron chi connectivity index (χ1n) is 16.6. The third kappa shape index (κ3) is 4.39. The average Bonchev–Trinajstić information content (AvgIpc) is 3.68. The number of hydrogen-bond donors (Lipinski definition) is 2. The highest BCUT2D eigenvalue weighted by Gasteiger charge is 2.28. The summed E-state index contributed by atoms with van der Waals surface area (Å²) in [4.78, 5) is 0. The number of para-hydroxylation sites is 2. The highest BCUT2D eigenvalue weighted by atomic mass is 16.3. The summed E-state index contributed by atoms with van der Waals surface area (Å²) in [5.74, 6) is 0.430. The lowest BCUT2D eigenvalue weighted by Gasteiger charge is -2.18. The van der Waals surface area contributed by atoms with E-state index in [0.717, 1.165) is 88.4 Å². The maximum Gasteiger partial charge on any atom is 0.115 e. The van der Waals surface area contributed by atoms with Crippen molar-refractivity contribution in [2.75, 3.05) is 0 Å². The van der Waals surface area contributed by atoms with E-state index in [4.69, 9.17) is 0 Å². The van der Waals surface area contributed by atoms with Gasteiger partial charge in [-0.1, -0.05) is 110 Å². The summed E-state index contributed by atoms with van der Waals surface area (Å²) in [7, 11) is 0. The van der Waals surface area contributed by atoms with Crippen LogP contribution in [0.4, 0.5) is 0 Å². The molecule has 0 atom stereocenters. The zero-order valence-corrected chi connectivity index (χ0v) is 27.2. The number of aromatic nitrogens is 2. The smallest absolute Gasteiger partial charge is 0.115 e. The molecular weight excluding hydrogens is 613 g/mol. The molecule has 4 nitrogen and oxygen atoms in total. The zero-order chi connectivity index (χ0) is 33.9. The normalized spacial score (nSPS) is 11.5. The van der Waals surface area contributed by atoms with Crippen molar-refractivity contribution in [2.45, 2.75) is 0 Å². The predicted molar refractivity (Wildman–Crippen MR) is 210 cm³/mol. The van der Waals surface area contributed by atoms with Crippen molar-refractivity contribution in [1.29, 1.82) is 0 Å². The van der Waals surface area contributed by atoms with E-state index >= 15 is 0 Å². The number of benzene rings is 7. The number of phenols is 2. The second-order valence-corrected chi connectivity index (χ2v) is 12.6. The lowest BCUT2D eigenvalue weighted by Crippen LogP contribution is -1.99. The predicted octanol–water partition coefficient (Wildman–Crippen LogP) is 11.9. The molecule has 0 bridgehead atoms. The van der Waals surface area contributed by atoms with Gasteiger partial charge in [-0.25, -0.2) is 0 Å². The van der Waals surface area contributed by atoms with Gasteiger partial charge in [-0.2, -0.15) is 0 Å². The van der Waals surface area contributed by atoms with Crippen molar-refractivity contribution in [3.63, 3.8) is 0 Å². The zero-order valence-electron chi connectivity index (χ0n) is 27.2. The van der Waals surface area contributed by atoms with Crippen LogP contribution in [0.25, 0.3) is 89.4 Å². The van der Waals surface area contributed by atoms with Gasteiger partial charge in [0.25, 0.3) is 0 Å². The van der Waals surface area contributed by atoms with Gasteiger partial charge in [0, 0.05) is 44.0 Å². The summed E-state index contributed by atoms with van der Waals surface area (Å²) in [5.41, 5.74) is 12.5. The second kappa shape index (κ2) is 11.4. The Morgan fingerprint density at radius 1 is 0.420 bits per heavy atom. The summed E-state index contributed by atoms with van der Waals surface area (Å²) in [6, 6.07) is 49.3. The molecule has 0 amide bonds. The minimum atomic E-state index is 0.215. The highest BCUT2D eigenvalue weighted by Crippen LogP contribution is 2.52. The highest BCUT2D eigenvalue weighted by molar-refractivity contribution is 6.33. The Morgan fingerprint density at radius 2 is 0.780 bits per heavy atom. The monoisotopic (exact) mass is 644 g/mol. The molecule has 0 saturated carbocycles. The van der Waals surface area contributed by atoms with E-state index in [9.17, 15) is 10.2 Å². The Bertz CT molecular complexity index is 2570. The van der Waals surface area contributed by atoms with Crippen LogP contribution in [0.5, 0.6) is 11.5 Å². The first kappa shape index (κ1) is 29.4. The van der Waals surface area contributed by atoms with Crippen LogP contribution in [0.3, 0.4) is 0 Å². The number of rotatable bonds is 6. The molecule has 2 aromatic heterocycles. The fraction of sp³-hybridized carbons (Fsp3) is 0. The summed E-state index contributed by atoms with van der Waals surface area (Å²) in [6.07, 6.45) is 3.72. The topological polar surface area (TPSA) is 50.3 Å². The molecule has 238 valence electrons. The van der Waals surface area contributed by atoms with Crippen LogP contribution in [-0.2, 0) is 0 Å². The van der Waals surface area contributed by atoms with E-state index in [1.54, 1.807) is 24.3 Å². The molecule has 0 spiro atoms. The second-order valence-electron chi connectivity index (χ2n) is 12.6. The molecule has 9 rings (SSSR count). The SMILES string of the molecule is C=Cc1ccc(-n2c3ccccc3c3c(-c4ccc(O)cc4)c4c(c(-c5ccc(O)cc5)c32)c2ccccc2n4-c2ccc(C=C)cc2)cc1. The Labute approximate surface area is 289 Å². The van der Waals surface area contributed by atoms with Crippen LogP contribution in [0.1, 0.15) is 11.1 Å². The molecule has 0 unspecified atom stereocenters. The number of nitrogens with zero attached hydrogens (tertiary/aromatic N) is 2. The molecule has 7 aromatic carbocycles. The lowest BCUT2D eigenvalue weighted by atomic mass is 9.89. The molecule has 0 aliphatic heterocycles. The fourth-order valence-corrected chi connectivity index (χ4v) is 7.57. The summed E-state index contributed by atoms with van der Waals surface area (Å²) in [6.45, 7) is 7.97. The van der Waals surface area contributed by atoms with E-state index in [1.165, 1.54) is 0 Å². The number of phenolic OH excluding ortho intramolecular Hbond substituents is 2. The van der Waals surface area contributed by atoms with Crippen molar-refractivity contribution in [3.8, 4) is 45.1 Å². The number of hydrogen-bond acceptors (Lipinski definition) is 2. The standard InChI is InChI=1S/C46H32N2O2/c1-3-29-13-21-33(22-14-29)47-39-11-7-5-9-37(39)43-42(32-19-27-36(50)28-20-32)46-44(41(45(43)47)31-17-25-35(49)26-18-31)38-10-6-8-12-40(38)48(46)34-23-15-30(4-2)16-24-34/h3-28,49-50H,1-2H2. The molecule has 4 heteroatoms. The average molecular weight is 645 g/mol. The van der Waals surface area contributed by atoms with Gasteiger partial charge in [-0.05, 0) is 82.9 Å². The fourth-order valence-electron chi connectivity index (χ4n) is 7.57. The molecule has 9 aromatic rings. The number of fused-ring (bicyclic) bond motifs is 6. The molecule has 2 N–H and O–H groups in total.